The Hall–Kier alpha value is -1.29. The molecule has 0 saturated carbocycles. The van der Waals surface area contributed by atoms with Crippen molar-refractivity contribution in [2.24, 2.45) is 0 Å². The van der Waals surface area contributed by atoms with E-state index >= 15 is 0 Å². The molecule has 0 bridgehead atoms. The van der Waals surface area contributed by atoms with E-state index in [4.69, 9.17) is 34.8 Å². The number of fused-ring (bicyclic) bond motifs is 1. The Morgan fingerprint density at radius 3 is 2.55 bits per heavy atom. The van der Waals surface area contributed by atoms with Crippen LogP contribution < -0.4 is 0 Å². The first kappa shape index (κ1) is 15.6. The predicted molar refractivity (Wildman–Crippen MR) is 92.0 cm³/mol. The lowest BCUT2D eigenvalue weighted by Crippen LogP contribution is -1.92. The van der Waals surface area contributed by atoms with Crippen LogP contribution in [0, 0.1) is 0 Å². The van der Waals surface area contributed by atoms with E-state index in [9.17, 15) is 0 Å². The SMILES string of the molecule is Clc1ccc(CCCCc2nc3nc(Cl)ccc3[nH]2)c(Cl)c1. The second-order valence-corrected chi connectivity index (χ2v) is 6.36. The van der Waals surface area contributed by atoms with Crippen LogP contribution in [0.25, 0.3) is 11.2 Å². The maximum Gasteiger partial charge on any atom is 0.179 e. The topological polar surface area (TPSA) is 41.6 Å². The molecule has 0 spiro atoms. The van der Waals surface area contributed by atoms with Crippen LogP contribution in [0.3, 0.4) is 0 Å². The molecule has 0 saturated heterocycles. The van der Waals surface area contributed by atoms with Crippen molar-refractivity contribution in [3.63, 3.8) is 0 Å². The number of rotatable bonds is 5. The number of aromatic amines is 1. The summed E-state index contributed by atoms with van der Waals surface area (Å²) < 4.78 is 0. The van der Waals surface area contributed by atoms with Gasteiger partial charge in [0.05, 0.1) is 5.52 Å². The van der Waals surface area contributed by atoms with Crippen molar-refractivity contribution in [1.82, 2.24) is 15.0 Å². The van der Waals surface area contributed by atoms with Crippen molar-refractivity contribution < 1.29 is 0 Å². The van der Waals surface area contributed by atoms with Gasteiger partial charge in [0.15, 0.2) is 5.65 Å². The van der Waals surface area contributed by atoms with Gasteiger partial charge in [-0.1, -0.05) is 40.9 Å². The summed E-state index contributed by atoms with van der Waals surface area (Å²) in [4.78, 5) is 11.9. The summed E-state index contributed by atoms with van der Waals surface area (Å²) in [6, 6.07) is 9.30. The van der Waals surface area contributed by atoms with E-state index in [2.05, 4.69) is 15.0 Å². The predicted octanol–water partition coefficient (Wildman–Crippen LogP) is 5.48. The molecule has 0 radical (unpaired) electrons. The molecular formula is C16H14Cl3N3. The van der Waals surface area contributed by atoms with E-state index in [0.717, 1.165) is 47.6 Å². The second-order valence-electron chi connectivity index (χ2n) is 5.13. The van der Waals surface area contributed by atoms with Gasteiger partial charge in [-0.05, 0) is 49.1 Å². The van der Waals surface area contributed by atoms with Crippen molar-refractivity contribution in [2.75, 3.05) is 0 Å². The fourth-order valence-electron chi connectivity index (χ4n) is 2.37. The van der Waals surface area contributed by atoms with E-state index in [1.165, 1.54) is 0 Å². The van der Waals surface area contributed by atoms with Gasteiger partial charge in [-0.3, -0.25) is 0 Å². The van der Waals surface area contributed by atoms with E-state index in [1.807, 2.05) is 18.2 Å². The molecule has 22 heavy (non-hydrogen) atoms. The number of benzene rings is 1. The van der Waals surface area contributed by atoms with Crippen LogP contribution in [0.1, 0.15) is 24.2 Å². The van der Waals surface area contributed by atoms with E-state index in [0.29, 0.717) is 15.8 Å². The van der Waals surface area contributed by atoms with Gasteiger partial charge in [0.25, 0.3) is 0 Å². The fraction of sp³-hybridized carbons (Fsp3) is 0.250. The number of halogens is 3. The summed E-state index contributed by atoms with van der Waals surface area (Å²) in [5, 5.41) is 1.86. The minimum Gasteiger partial charge on any atom is -0.341 e. The fourth-order valence-corrected chi connectivity index (χ4v) is 3.02. The molecule has 0 atom stereocenters. The second kappa shape index (κ2) is 6.86. The third-order valence-corrected chi connectivity index (χ3v) is 4.28. The molecule has 114 valence electrons. The van der Waals surface area contributed by atoms with E-state index < -0.39 is 0 Å². The van der Waals surface area contributed by atoms with Crippen LogP contribution in [0.2, 0.25) is 15.2 Å². The molecule has 2 aromatic heterocycles. The average Bonchev–Trinajstić information content (AvgIpc) is 2.87. The van der Waals surface area contributed by atoms with Crippen LogP contribution in [0.4, 0.5) is 0 Å². The maximum atomic E-state index is 6.17. The number of pyridine rings is 1. The molecular weight excluding hydrogens is 341 g/mol. The van der Waals surface area contributed by atoms with Crippen molar-refractivity contribution in [3.8, 4) is 0 Å². The number of nitrogens with zero attached hydrogens (tertiary/aromatic N) is 2. The standard InChI is InChI=1S/C16H14Cl3N3/c17-11-6-5-10(12(18)9-11)3-1-2-4-15-20-13-7-8-14(19)21-16(13)22-15/h5-9H,1-4H2,(H,20,21,22). The van der Waals surface area contributed by atoms with Crippen LogP contribution >= 0.6 is 34.8 Å². The molecule has 0 aliphatic heterocycles. The molecule has 0 aliphatic rings. The zero-order chi connectivity index (χ0) is 15.5. The lowest BCUT2D eigenvalue weighted by molar-refractivity contribution is 0.714. The normalized spacial score (nSPS) is 11.2. The number of imidazole rings is 1. The van der Waals surface area contributed by atoms with Crippen LogP contribution in [0.5, 0.6) is 0 Å². The van der Waals surface area contributed by atoms with Crippen molar-refractivity contribution in [2.45, 2.75) is 25.7 Å². The molecule has 6 heteroatoms. The first-order valence-electron chi connectivity index (χ1n) is 7.07. The number of aryl methyl sites for hydroxylation is 2. The van der Waals surface area contributed by atoms with Crippen molar-refractivity contribution >= 4 is 46.0 Å². The molecule has 1 N–H and O–H groups in total. The monoisotopic (exact) mass is 353 g/mol. The molecule has 1 aromatic carbocycles. The summed E-state index contributed by atoms with van der Waals surface area (Å²) in [6.07, 6.45) is 3.86. The number of aromatic nitrogens is 3. The first-order valence-corrected chi connectivity index (χ1v) is 8.20. The Morgan fingerprint density at radius 2 is 1.73 bits per heavy atom. The molecule has 0 fully saturated rings. The Labute approximate surface area is 143 Å². The number of unbranched alkanes of at least 4 members (excludes halogenated alkanes) is 1. The summed E-state index contributed by atoms with van der Waals surface area (Å²) in [5.74, 6) is 0.937. The first-order chi connectivity index (χ1) is 10.6. The number of nitrogens with one attached hydrogen (secondary N) is 1. The number of hydrogen-bond donors (Lipinski definition) is 1. The highest BCUT2D eigenvalue weighted by molar-refractivity contribution is 6.35. The zero-order valence-electron chi connectivity index (χ0n) is 11.7. The van der Waals surface area contributed by atoms with Crippen LogP contribution in [-0.4, -0.2) is 15.0 Å². The lowest BCUT2D eigenvalue weighted by Gasteiger charge is -2.04. The zero-order valence-corrected chi connectivity index (χ0v) is 14.0. The minimum absolute atomic E-state index is 0.461. The Balaban J connectivity index is 1.55. The third-order valence-electron chi connectivity index (χ3n) is 3.49. The number of hydrogen-bond acceptors (Lipinski definition) is 2. The van der Waals surface area contributed by atoms with Crippen molar-refractivity contribution in [1.29, 1.82) is 0 Å². The Kier molecular flexibility index (Phi) is 4.87. The Morgan fingerprint density at radius 1 is 0.909 bits per heavy atom. The summed E-state index contributed by atoms with van der Waals surface area (Å²) in [5.41, 5.74) is 2.72. The highest BCUT2D eigenvalue weighted by Gasteiger charge is 2.05. The highest BCUT2D eigenvalue weighted by Crippen LogP contribution is 2.22. The van der Waals surface area contributed by atoms with Gasteiger partial charge in [-0.2, -0.15) is 0 Å². The quantitative estimate of drug-likeness (QED) is 0.486. The molecule has 3 nitrogen and oxygen atoms in total. The lowest BCUT2D eigenvalue weighted by atomic mass is 10.1. The van der Waals surface area contributed by atoms with Crippen LogP contribution in [-0.2, 0) is 12.8 Å². The van der Waals surface area contributed by atoms with Gasteiger partial charge in [-0.15, -0.1) is 0 Å². The van der Waals surface area contributed by atoms with Crippen LogP contribution in [0.15, 0.2) is 30.3 Å². The largest absolute Gasteiger partial charge is 0.341 e. The average molecular weight is 355 g/mol. The maximum absolute atomic E-state index is 6.17. The molecule has 3 aromatic rings. The summed E-state index contributed by atoms with van der Waals surface area (Å²) in [6.45, 7) is 0. The van der Waals surface area contributed by atoms with Gasteiger partial charge >= 0.3 is 0 Å². The minimum atomic E-state index is 0.461. The highest BCUT2D eigenvalue weighted by atomic mass is 35.5. The molecule has 0 amide bonds. The Bertz CT molecular complexity index is 798. The van der Waals surface area contributed by atoms with E-state index in [-0.39, 0.29) is 0 Å². The van der Waals surface area contributed by atoms with Gasteiger partial charge in [0.1, 0.15) is 11.0 Å². The number of H-pyrrole nitrogens is 1. The molecule has 3 rings (SSSR count). The van der Waals surface area contributed by atoms with E-state index in [1.54, 1.807) is 12.1 Å². The van der Waals surface area contributed by atoms with Gasteiger partial charge in [-0.25, -0.2) is 9.97 Å². The molecule has 0 unspecified atom stereocenters. The van der Waals surface area contributed by atoms with Crippen molar-refractivity contribution in [3.05, 3.63) is 56.9 Å². The smallest absolute Gasteiger partial charge is 0.179 e. The van der Waals surface area contributed by atoms with Gasteiger partial charge in [0, 0.05) is 16.5 Å². The summed E-state index contributed by atoms with van der Waals surface area (Å²) >= 11 is 17.9. The molecule has 2 heterocycles. The van der Waals surface area contributed by atoms with Gasteiger partial charge < -0.3 is 4.98 Å². The third kappa shape index (κ3) is 3.72. The summed E-state index contributed by atoms with van der Waals surface area (Å²) in [7, 11) is 0. The van der Waals surface area contributed by atoms with Gasteiger partial charge in [0.2, 0.25) is 0 Å². The molecule has 0 aliphatic carbocycles.